The molecule has 0 spiro atoms. The lowest BCUT2D eigenvalue weighted by atomic mass is 10.1. The Morgan fingerprint density at radius 3 is 2.33 bits per heavy atom. The number of aliphatic hydroxyl groups is 4. The van der Waals surface area contributed by atoms with Crippen LogP contribution in [0.5, 0.6) is 0 Å². The quantitative estimate of drug-likeness (QED) is 0.487. The number of hydrogen-bond donors (Lipinski definition) is 4. The molecule has 0 aliphatic carbocycles. The van der Waals surface area contributed by atoms with E-state index >= 15 is 0 Å². The topological polar surface area (TPSA) is 107 Å². The summed E-state index contributed by atoms with van der Waals surface area (Å²) < 4.78 is 0. The summed E-state index contributed by atoms with van der Waals surface area (Å²) in [4.78, 5) is 7.74. The summed E-state index contributed by atoms with van der Waals surface area (Å²) in [6.45, 7) is 1.11. The minimum absolute atomic E-state index is 0.153. The molecule has 0 aliphatic heterocycles. The molecule has 0 aliphatic rings. The van der Waals surface area contributed by atoms with Crippen LogP contribution in [0.2, 0.25) is 0 Å². The zero-order chi connectivity index (χ0) is 11.4. The fourth-order valence-electron chi connectivity index (χ4n) is 1.05. The third kappa shape index (κ3) is 2.93. The molecule has 0 unspecified atom stereocenters. The van der Waals surface area contributed by atoms with E-state index in [0.717, 1.165) is 0 Å². The molecule has 6 nitrogen and oxygen atoms in total. The molecule has 84 valence electrons. The molecule has 0 radical (unpaired) electrons. The van der Waals surface area contributed by atoms with Crippen LogP contribution in [0.3, 0.4) is 0 Å². The number of nitrogens with zero attached hydrogens (tertiary/aromatic N) is 2. The fourth-order valence-corrected chi connectivity index (χ4v) is 1.05. The predicted octanol–water partition coefficient (Wildman–Crippen LogP) is -1.47. The zero-order valence-electron chi connectivity index (χ0n) is 8.28. The first-order valence-corrected chi connectivity index (χ1v) is 4.50. The second kappa shape index (κ2) is 5.13. The Morgan fingerprint density at radius 2 is 1.87 bits per heavy atom. The monoisotopic (exact) mass is 214 g/mol. The number of aromatic nitrogens is 2. The molecule has 0 aromatic carbocycles. The molecule has 1 rings (SSSR count). The van der Waals surface area contributed by atoms with Crippen molar-refractivity contribution < 1.29 is 20.4 Å². The lowest BCUT2D eigenvalue weighted by Gasteiger charge is -2.20. The summed E-state index contributed by atoms with van der Waals surface area (Å²) in [6, 6.07) is 0. The van der Waals surface area contributed by atoms with Gasteiger partial charge in [-0.05, 0) is 6.92 Å². The van der Waals surface area contributed by atoms with Gasteiger partial charge < -0.3 is 20.4 Å². The van der Waals surface area contributed by atoms with Gasteiger partial charge in [0, 0.05) is 6.20 Å². The van der Waals surface area contributed by atoms with Gasteiger partial charge in [0.2, 0.25) is 0 Å². The molecule has 0 saturated heterocycles. The highest BCUT2D eigenvalue weighted by Gasteiger charge is 2.26. The Bertz CT molecular complexity index is 303. The molecule has 0 saturated carbocycles. The van der Waals surface area contributed by atoms with E-state index in [1.807, 2.05) is 0 Å². The molecule has 1 aromatic heterocycles. The Labute approximate surface area is 86.9 Å². The van der Waals surface area contributed by atoms with Crippen molar-refractivity contribution in [2.45, 2.75) is 25.2 Å². The van der Waals surface area contributed by atoms with Crippen LogP contribution in [-0.4, -0.2) is 49.2 Å². The molecule has 6 heteroatoms. The van der Waals surface area contributed by atoms with Crippen molar-refractivity contribution in [1.29, 1.82) is 0 Å². The summed E-state index contributed by atoms with van der Waals surface area (Å²) in [5.41, 5.74) is 0.837. The summed E-state index contributed by atoms with van der Waals surface area (Å²) in [5, 5.41) is 36.6. The van der Waals surface area contributed by atoms with E-state index in [1.54, 1.807) is 6.92 Å². The van der Waals surface area contributed by atoms with Gasteiger partial charge in [-0.3, -0.25) is 9.97 Å². The SMILES string of the molecule is Cc1cnc([C@@H](O)[C@@H](O)[C@@H](O)CO)cn1. The maximum absolute atomic E-state index is 9.56. The van der Waals surface area contributed by atoms with Gasteiger partial charge in [-0.15, -0.1) is 0 Å². The van der Waals surface area contributed by atoms with Crippen LogP contribution >= 0.6 is 0 Å². The minimum atomic E-state index is -1.48. The Morgan fingerprint density at radius 1 is 1.20 bits per heavy atom. The summed E-state index contributed by atoms with van der Waals surface area (Å²) in [6.07, 6.45) is -1.49. The van der Waals surface area contributed by atoms with E-state index in [0.29, 0.717) is 5.69 Å². The fraction of sp³-hybridized carbons (Fsp3) is 0.556. The largest absolute Gasteiger partial charge is 0.394 e. The first-order chi connectivity index (χ1) is 7.06. The predicted molar refractivity (Wildman–Crippen MR) is 50.8 cm³/mol. The summed E-state index contributed by atoms with van der Waals surface area (Å²) >= 11 is 0. The van der Waals surface area contributed by atoms with Crippen molar-refractivity contribution in [3.05, 3.63) is 23.8 Å². The highest BCUT2D eigenvalue weighted by atomic mass is 16.4. The molecule has 3 atom stereocenters. The van der Waals surface area contributed by atoms with E-state index in [4.69, 9.17) is 10.2 Å². The van der Waals surface area contributed by atoms with E-state index in [9.17, 15) is 10.2 Å². The molecule has 0 amide bonds. The molecular formula is C9H14N2O4. The van der Waals surface area contributed by atoms with Crippen LogP contribution in [0, 0.1) is 6.92 Å². The van der Waals surface area contributed by atoms with Crippen LogP contribution in [0.15, 0.2) is 12.4 Å². The number of hydrogen-bond acceptors (Lipinski definition) is 6. The van der Waals surface area contributed by atoms with Gasteiger partial charge in [0.15, 0.2) is 0 Å². The average molecular weight is 214 g/mol. The average Bonchev–Trinajstić information content (AvgIpc) is 2.27. The van der Waals surface area contributed by atoms with Crippen LogP contribution < -0.4 is 0 Å². The second-order valence-electron chi connectivity index (χ2n) is 3.27. The number of aliphatic hydroxyl groups excluding tert-OH is 4. The maximum atomic E-state index is 9.56. The maximum Gasteiger partial charge on any atom is 0.126 e. The van der Waals surface area contributed by atoms with Crippen LogP contribution in [0.4, 0.5) is 0 Å². The van der Waals surface area contributed by atoms with Gasteiger partial charge in [0.05, 0.1) is 24.2 Å². The third-order valence-corrected chi connectivity index (χ3v) is 2.01. The van der Waals surface area contributed by atoms with Crippen molar-refractivity contribution >= 4 is 0 Å². The van der Waals surface area contributed by atoms with Crippen LogP contribution in [0.1, 0.15) is 17.5 Å². The van der Waals surface area contributed by atoms with Crippen molar-refractivity contribution in [2.75, 3.05) is 6.61 Å². The molecule has 1 heterocycles. The number of rotatable bonds is 4. The van der Waals surface area contributed by atoms with Gasteiger partial charge in [0.25, 0.3) is 0 Å². The lowest BCUT2D eigenvalue weighted by molar-refractivity contribution is -0.0790. The first-order valence-electron chi connectivity index (χ1n) is 4.50. The van der Waals surface area contributed by atoms with Gasteiger partial charge in [0.1, 0.15) is 18.3 Å². The second-order valence-corrected chi connectivity index (χ2v) is 3.27. The van der Waals surface area contributed by atoms with Crippen LogP contribution in [-0.2, 0) is 0 Å². The van der Waals surface area contributed by atoms with Crippen LogP contribution in [0.25, 0.3) is 0 Å². The van der Waals surface area contributed by atoms with E-state index in [-0.39, 0.29) is 5.69 Å². The Balaban J connectivity index is 2.75. The highest BCUT2D eigenvalue weighted by Crippen LogP contribution is 2.15. The molecule has 1 aromatic rings. The minimum Gasteiger partial charge on any atom is -0.394 e. The van der Waals surface area contributed by atoms with Crippen molar-refractivity contribution in [3.63, 3.8) is 0 Å². The molecule has 0 fully saturated rings. The number of aryl methyl sites for hydroxylation is 1. The zero-order valence-corrected chi connectivity index (χ0v) is 8.28. The smallest absolute Gasteiger partial charge is 0.126 e. The molecule has 0 bridgehead atoms. The summed E-state index contributed by atoms with van der Waals surface area (Å²) in [7, 11) is 0. The van der Waals surface area contributed by atoms with Gasteiger partial charge in [-0.25, -0.2) is 0 Å². The molecule has 15 heavy (non-hydrogen) atoms. The molecular weight excluding hydrogens is 200 g/mol. The molecule has 4 N–H and O–H groups in total. The Hall–Kier alpha value is -1.08. The highest BCUT2D eigenvalue weighted by molar-refractivity contribution is 5.05. The van der Waals surface area contributed by atoms with Crippen molar-refractivity contribution in [3.8, 4) is 0 Å². The normalized spacial score (nSPS) is 17.1. The first kappa shape index (κ1) is 12.0. The van der Waals surface area contributed by atoms with Crippen molar-refractivity contribution in [1.82, 2.24) is 9.97 Å². The van der Waals surface area contributed by atoms with Gasteiger partial charge in [-0.2, -0.15) is 0 Å². The Kier molecular flexibility index (Phi) is 4.10. The van der Waals surface area contributed by atoms with Gasteiger partial charge in [-0.1, -0.05) is 0 Å². The van der Waals surface area contributed by atoms with Crippen molar-refractivity contribution in [2.24, 2.45) is 0 Å². The lowest BCUT2D eigenvalue weighted by Crippen LogP contribution is -2.35. The van der Waals surface area contributed by atoms with E-state index < -0.39 is 24.9 Å². The van der Waals surface area contributed by atoms with Gasteiger partial charge >= 0.3 is 0 Å². The van der Waals surface area contributed by atoms with E-state index in [1.165, 1.54) is 12.4 Å². The van der Waals surface area contributed by atoms with E-state index in [2.05, 4.69) is 9.97 Å². The standard InChI is InChI=1S/C9H14N2O4/c1-5-2-11-6(3-10-5)8(14)9(15)7(13)4-12/h2-3,7-9,12-15H,4H2,1H3/t7-,8+,9-/m0/s1. The summed E-state index contributed by atoms with van der Waals surface area (Å²) in [5.74, 6) is 0. The third-order valence-electron chi connectivity index (χ3n) is 2.01.